The zero-order valence-electron chi connectivity index (χ0n) is 24.8. The summed E-state index contributed by atoms with van der Waals surface area (Å²) < 4.78 is 47.8. The molecule has 0 aliphatic rings. The first-order chi connectivity index (χ1) is 21.1. The molecule has 0 fully saturated rings. The van der Waals surface area contributed by atoms with E-state index >= 15 is 0 Å². The minimum absolute atomic E-state index is 0.0873. The van der Waals surface area contributed by atoms with Gasteiger partial charge in [-0.1, -0.05) is 50.3 Å². The Morgan fingerprint density at radius 1 is 0.955 bits per heavy atom. The average Bonchev–Trinajstić information content (AvgIpc) is 3.37. The number of amides is 1. The highest BCUT2D eigenvalue weighted by Gasteiger charge is 2.31. The summed E-state index contributed by atoms with van der Waals surface area (Å²) in [5.74, 6) is -0.680. The number of rotatable bonds is 14. The van der Waals surface area contributed by atoms with E-state index in [1.165, 1.54) is 12.1 Å². The molecule has 1 atom stereocenters. The number of anilines is 1. The van der Waals surface area contributed by atoms with Crippen LogP contribution in [0.25, 0.3) is 16.6 Å². The van der Waals surface area contributed by atoms with E-state index in [1.807, 2.05) is 22.8 Å². The molecule has 1 heterocycles. The van der Waals surface area contributed by atoms with E-state index in [-0.39, 0.29) is 37.5 Å². The number of halogens is 4. The standard InChI is InChI=1S/C34H37ClF3N3O3/c1-3-5-6-7-11-29(40-27-15-12-23(13-16-27)33(43)39-19-18-32(42)44-4-2)31-21-24-20-26(35)14-17-30(24)41(31)28-10-8-9-25(22-28)34(36,37)38/h8-10,12-17,20-22,29,40H,3-7,11,18-19H2,1-2H3,(H,39,43). The molecule has 234 valence electrons. The first-order valence-corrected chi connectivity index (χ1v) is 15.3. The number of aromatic nitrogens is 1. The summed E-state index contributed by atoms with van der Waals surface area (Å²) in [6, 6.07) is 19.4. The highest BCUT2D eigenvalue weighted by Crippen LogP contribution is 2.36. The number of hydrogen-bond donors (Lipinski definition) is 2. The zero-order valence-corrected chi connectivity index (χ0v) is 25.6. The molecule has 0 bridgehead atoms. The summed E-state index contributed by atoms with van der Waals surface area (Å²) in [5.41, 5.74) is 2.43. The van der Waals surface area contributed by atoms with Crippen molar-refractivity contribution in [1.82, 2.24) is 9.88 Å². The molecule has 4 rings (SSSR count). The number of nitrogens with one attached hydrogen (secondary N) is 2. The van der Waals surface area contributed by atoms with Gasteiger partial charge in [0.05, 0.1) is 30.1 Å². The van der Waals surface area contributed by atoms with Gasteiger partial charge in [0.2, 0.25) is 0 Å². The Morgan fingerprint density at radius 2 is 1.73 bits per heavy atom. The van der Waals surface area contributed by atoms with E-state index in [2.05, 4.69) is 17.6 Å². The zero-order chi connectivity index (χ0) is 31.7. The number of nitrogens with zero attached hydrogens (tertiary/aromatic N) is 1. The normalized spacial score (nSPS) is 12.2. The number of ether oxygens (including phenoxy) is 1. The molecule has 10 heteroatoms. The van der Waals surface area contributed by atoms with Gasteiger partial charge < -0.3 is 19.9 Å². The Balaban J connectivity index is 1.65. The van der Waals surface area contributed by atoms with Crippen molar-refractivity contribution in [1.29, 1.82) is 0 Å². The molecule has 0 aliphatic heterocycles. The van der Waals surface area contributed by atoms with Crippen LogP contribution in [0.4, 0.5) is 18.9 Å². The molecule has 0 saturated carbocycles. The van der Waals surface area contributed by atoms with Gasteiger partial charge in [-0.2, -0.15) is 13.2 Å². The van der Waals surface area contributed by atoms with Crippen LogP contribution in [-0.4, -0.2) is 29.6 Å². The van der Waals surface area contributed by atoms with Crippen molar-refractivity contribution >= 4 is 40.1 Å². The van der Waals surface area contributed by atoms with E-state index in [0.717, 1.165) is 60.5 Å². The monoisotopic (exact) mass is 627 g/mol. The SMILES string of the molecule is CCCCCCC(Nc1ccc(C(=O)NCCC(=O)OCC)cc1)c1cc2cc(Cl)ccc2n1-c1cccc(C(F)(F)F)c1. The molecule has 0 aliphatic carbocycles. The van der Waals surface area contributed by atoms with Gasteiger partial charge in [0.25, 0.3) is 5.91 Å². The molecule has 1 aromatic heterocycles. The Labute approximate surface area is 260 Å². The predicted molar refractivity (Wildman–Crippen MR) is 168 cm³/mol. The van der Waals surface area contributed by atoms with Crippen LogP contribution in [0.1, 0.15) is 80.0 Å². The van der Waals surface area contributed by atoms with E-state index in [1.54, 1.807) is 43.3 Å². The van der Waals surface area contributed by atoms with Crippen molar-refractivity contribution < 1.29 is 27.5 Å². The number of esters is 1. The maximum atomic E-state index is 13.7. The van der Waals surface area contributed by atoms with Crippen LogP contribution in [-0.2, 0) is 15.7 Å². The van der Waals surface area contributed by atoms with Gasteiger partial charge in [0.15, 0.2) is 0 Å². The summed E-state index contributed by atoms with van der Waals surface area (Å²) in [7, 11) is 0. The van der Waals surface area contributed by atoms with Crippen LogP contribution in [0.15, 0.2) is 72.8 Å². The number of carbonyl (C=O) groups is 2. The molecule has 1 unspecified atom stereocenters. The number of hydrogen-bond acceptors (Lipinski definition) is 4. The fraction of sp³-hybridized carbons (Fsp3) is 0.353. The predicted octanol–water partition coefficient (Wildman–Crippen LogP) is 9.11. The van der Waals surface area contributed by atoms with Gasteiger partial charge in [-0.05, 0) is 80.1 Å². The van der Waals surface area contributed by atoms with Gasteiger partial charge >= 0.3 is 12.1 Å². The van der Waals surface area contributed by atoms with Gasteiger partial charge in [0, 0.05) is 39.6 Å². The maximum absolute atomic E-state index is 13.7. The van der Waals surface area contributed by atoms with Gasteiger partial charge in [-0.15, -0.1) is 0 Å². The second kappa shape index (κ2) is 15.1. The first kappa shape index (κ1) is 32.9. The topological polar surface area (TPSA) is 72.4 Å². The molecule has 3 aromatic carbocycles. The molecule has 6 nitrogen and oxygen atoms in total. The second-order valence-electron chi connectivity index (χ2n) is 10.6. The Bertz CT molecular complexity index is 1570. The van der Waals surface area contributed by atoms with E-state index in [4.69, 9.17) is 16.3 Å². The summed E-state index contributed by atoms with van der Waals surface area (Å²) in [6.45, 7) is 4.32. The molecule has 2 N–H and O–H groups in total. The van der Waals surface area contributed by atoms with Crippen LogP contribution in [0.5, 0.6) is 0 Å². The summed E-state index contributed by atoms with van der Waals surface area (Å²) in [6.07, 6.45) is 0.437. The smallest absolute Gasteiger partial charge is 0.416 e. The lowest BCUT2D eigenvalue weighted by Crippen LogP contribution is -2.26. The number of alkyl halides is 3. The maximum Gasteiger partial charge on any atom is 0.416 e. The fourth-order valence-electron chi connectivity index (χ4n) is 5.18. The van der Waals surface area contributed by atoms with Crippen molar-refractivity contribution in [3.63, 3.8) is 0 Å². The first-order valence-electron chi connectivity index (χ1n) is 14.9. The minimum Gasteiger partial charge on any atom is -0.466 e. The van der Waals surface area contributed by atoms with Gasteiger partial charge in [-0.3, -0.25) is 9.59 Å². The molecule has 44 heavy (non-hydrogen) atoms. The Hall–Kier alpha value is -3.98. The summed E-state index contributed by atoms with van der Waals surface area (Å²) in [4.78, 5) is 24.1. The van der Waals surface area contributed by atoms with Gasteiger partial charge in [0.1, 0.15) is 0 Å². The number of carbonyl (C=O) groups excluding carboxylic acids is 2. The lowest BCUT2D eigenvalue weighted by atomic mass is 10.0. The molecule has 1 amide bonds. The lowest BCUT2D eigenvalue weighted by molar-refractivity contribution is -0.143. The summed E-state index contributed by atoms with van der Waals surface area (Å²) in [5, 5.41) is 7.65. The summed E-state index contributed by atoms with van der Waals surface area (Å²) >= 11 is 6.31. The molecule has 0 spiro atoms. The lowest BCUT2D eigenvalue weighted by Gasteiger charge is -2.23. The number of fused-ring (bicyclic) bond motifs is 1. The third kappa shape index (κ3) is 8.56. The van der Waals surface area contributed by atoms with Crippen molar-refractivity contribution in [2.75, 3.05) is 18.5 Å². The molecule has 0 radical (unpaired) electrons. The van der Waals surface area contributed by atoms with Crippen LogP contribution in [0, 0.1) is 0 Å². The minimum atomic E-state index is -4.48. The molecular weight excluding hydrogens is 591 g/mol. The number of unbranched alkanes of at least 4 members (excludes halogenated alkanes) is 3. The highest BCUT2D eigenvalue weighted by molar-refractivity contribution is 6.31. The number of benzene rings is 3. The molecule has 4 aromatic rings. The van der Waals surface area contributed by atoms with Crippen molar-refractivity contribution in [3.8, 4) is 5.69 Å². The van der Waals surface area contributed by atoms with Crippen LogP contribution >= 0.6 is 11.6 Å². The van der Waals surface area contributed by atoms with Crippen LogP contribution in [0.3, 0.4) is 0 Å². The van der Waals surface area contributed by atoms with E-state index < -0.39 is 11.7 Å². The molecular formula is C34H37ClF3N3O3. The average molecular weight is 628 g/mol. The quantitative estimate of drug-likeness (QED) is 0.108. The Morgan fingerprint density at radius 3 is 2.43 bits per heavy atom. The molecule has 0 saturated heterocycles. The largest absolute Gasteiger partial charge is 0.466 e. The third-order valence-electron chi connectivity index (χ3n) is 7.34. The van der Waals surface area contributed by atoms with E-state index in [9.17, 15) is 22.8 Å². The Kier molecular flexibility index (Phi) is 11.3. The van der Waals surface area contributed by atoms with Crippen molar-refractivity contribution in [2.45, 2.75) is 64.6 Å². The van der Waals surface area contributed by atoms with Crippen LogP contribution in [0.2, 0.25) is 5.02 Å². The van der Waals surface area contributed by atoms with Crippen molar-refractivity contribution in [2.24, 2.45) is 0 Å². The van der Waals surface area contributed by atoms with Gasteiger partial charge in [-0.25, -0.2) is 0 Å². The highest BCUT2D eigenvalue weighted by atomic mass is 35.5. The second-order valence-corrected chi connectivity index (χ2v) is 11.0. The van der Waals surface area contributed by atoms with Crippen molar-refractivity contribution in [3.05, 3.63) is 94.6 Å². The van der Waals surface area contributed by atoms with E-state index in [0.29, 0.717) is 16.3 Å². The third-order valence-corrected chi connectivity index (χ3v) is 7.57. The van der Waals surface area contributed by atoms with Crippen LogP contribution < -0.4 is 10.6 Å². The fourth-order valence-corrected chi connectivity index (χ4v) is 5.36.